The van der Waals surface area contributed by atoms with Crippen LogP contribution in [-0.4, -0.2) is 9.97 Å². The Labute approximate surface area is 65.2 Å². The predicted molar refractivity (Wildman–Crippen MR) is 39.5 cm³/mol. The molecule has 0 aromatic carbocycles. The van der Waals surface area contributed by atoms with Crippen molar-refractivity contribution in [1.82, 2.24) is 9.97 Å². The highest BCUT2D eigenvalue weighted by Gasteiger charge is 2.02. The molecule has 0 saturated carbocycles. The van der Waals surface area contributed by atoms with Gasteiger partial charge in [-0.05, 0) is 15.9 Å². The number of furan rings is 1. The van der Waals surface area contributed by atoms with E-state index >= 15 is 0 Å². The van der Waals surface area contributed by atoms with Crippen LogP contribution in [0.25, 0.3) is 11.2 Å². The zero-order chi connectivity index (χ0) is 6.97. The Morgan fingerprint density at radius 3 is 2.90 bits per heavy atom. The lowest BCUT2D eigenvalue weighted by atomic mass is 10.5. The zero-order valence-corrected chi connectivity index (χ0v) is 6.50. The van der Waals surface area contributed by atoms with Gasteiger partial charge < -0.3 is 4.42 Å². The molecule has 2 aromatic heterocycles. The molecule has 3 nitrogen and oxygen atoms in total. The first-order valence-electron chi connectivity index (χ1n) is 2.71. The van der Waals surface area contributed by atoms with Gasteiger partial charge in [0, 0.05) is 12.4 Å². The summed E-state index contributed by atoms with van der Waals surface area (Å²) in [5.41, 5.74) is 1.33. The van der Waals surface area contributed by atoms with Crippen LogP contribution in [0, 0.1) is 0 Å². The van der Waals surface area contributed by atoms with Crippen LogP contribution in [0.5, 0.6) is 0 Å². The zero-order valence-electron chi connectivity index (χ0n) is 4.91. The van der Waals surface area contributed by atoms with E-state index in [9.17, 15) is 0 Å². The second kappa shape index (κ2) is 2.05. The van der Waals surface area contributed by atoms with Crippen molar-refractivity contribution in [3.05, 3.63) is 23.1 Å². The average Bonchev–Trinajstić information content (AvgIpc) is 2.34. The summed E-state index contributed by atoms with van der Waals surface area (Å²) in [6.45, 7) is 0. The summed E-state index contributed by atoms with van der Waals surface area (Å²) in [5, 5.41) is 0. The standard InChI is InChI=1S/C6H3BrN2O/c7-4-3-10-6-5(4)8-1-2-9-6/h1-3H. The molecule has 10 heavy (non-hydrogen) atoms. The van der Waals surface area contributed by atoms with Gasteiger partial charge in [-0.2, -0.15) is 0 Å². The fourth-order valence-electron chi connectivity index (χ4n) is 0.739. The Morgan fingerprint density at radius 1 is 1.30 bits per heavy atom. The molecule has 0 aliphatic rings. The highest BCUT2D eigenvalue weighted by atomic mass is 79.9. The molecule has 0 amide bonds. The lowest BCUT2D eigenvalue weighted by Gasteiger charge is -1.82. The van der Waals surface area contributed by atoms with Gasteiger partial charge >= 0.3 is 0 Å². The number of halogens is 1. The third kappa shape index (κ3) is 0.724. The van der Waals surface area contributed by atoms with Crippen molar-refractivity contribution in [2.75, 3.05) is 0 Å². The van der Waals surface area contributed by atoms with Crippen molar-refractivity contribution < 1.29 is 4.42 Å². The fourth-order valence-corrected chi connectivity index (χ4v) is 1.10. The molecule has 4 heteroatoms. The minimum atomic E-state index is 0.564. The number of aromatic nitrogens is 2. The minimum Gasteiger partial charge on any atom is -0.444 e. The third-order valence-corrected chi connectivity index (χ3v) is 1.73. The van der Waals surface area contributed by atoms with Gasteiger partial charge in [0.05, 0.1) is 4.47 Å². The van der Waals surface area contributed by atoms with Crippen LogP contribution in [0.1, 0.15) is 0 Å². The molecule has 0 aliphatic carbocycles. The fraction of sp³-hybridized carbons (Fsp3) is 0. The van der Waals surface area contributed by atoms with Crippen LogP contribution in [0.4, 0.5) is 0 Å². The molecule has 50 valence electrons. The summed E-state index contributed by atoms with van der Waals surface area (Å²) < 4.78 is 5.87. The largest absolute Gasteiger partial charge is 0.444 e. The van der Waals surface area contributed by atoms with E-state index < -0.39 is 0 Å². The molecule has 0 N–H and O–H groups in total. The van der Waals surface area contributed by atoms with Crippen molar-refractivity contribution >= 4 is 27.2 Å². The average molecular weight is 199 g/mol. The highest BCUT2D eigenvalue weighted by Crippen LogP contribution is 2.20. The molecule has 0 radical (unpaired) electrons. The van der Waals surface area contributed by atoms with Crippen LogP contribution in [0.3, 0.4) is 0 Å². The van der Waals surface area contributed by atoms with E-state index in [1.165, 1.54) is 0 Å². The van der Waals surface area contributed by atoms with Crippen LogP contribution >= 0.6 is 15.9 Å². The van der Waals surface area contributed by atoms with Crippen LogP contribution in [-0.2, 0) is 0 Å². The summed E-state index contributed by atoms with van der Waals surface area (Å²) in [7, 11) is 0. The Morgan fingerprint density at radius 2 is 2.10 bits per heavy atom. The van der Waals surface area contributed by atoms with Crippen molar-refractivity contribution in [1.29, 1.82) is 0 Å². The maximum Gasteiger partial charge on any atom is 0.246 e. The number of rotatable bonds is 0. The summed E-state index contributed by atoms with van der Waals surface area (Å²) >= 11 is 3.27. The second-order valence-corrected chi connectivity index (χ2v) is 2.65. The second-order valence-electron chi connectivity index (χ2n) is 1.79. The molecule has 0 spiro atoms. The predicted octanol–water partition coefficient (Wildman–Crippen LogP) is 1.99. The lowest BCUT2D eigenvalue weighted by molar-refractivity contribution is 0.600. The van der Waals surface area contributed by atoms with E-state index in [-0.39, 0.29) is 0 Å². The van der Waals surface area contributed by atoms with Crippen molar-refractivity contribution in [3.63, 3.8) is 0 Å². The van der Waals surface area contributed by atoms with Crippen molar-refractivity contribution in [2.45, 2.75) is 0 Å². The van der Waals surface area contributed by atoms with E-state index in [1.54, 1.807) is 18.7 Å². The molecule has 2 heterocycles. The van der Waals surface area contributed by atoms with Gasteiger partial charge in [0.2, 0.25) is 5.71 Å². The molecule has 0 fully saturated rings. The molecule has 0 atom stereocenters. The van der Waals surface area contributed by atoms with Gasteiger partial charge in [-0.25, -0.2) is 9.97 Å². The van der Waals surface area contributed by atoms with Gasteiger partial charge in [-0.15, -0.1) is 0 Å². The highest BCUT2D eigenvalue weighted by molar-refractivity contribution is 9.10. The van der Waals surface area contributed by atoms with E-state index in [0.29, 0.717) is 5.71 Å². The molecule has 0 bridgehead atoms. The molecular formula is C6H3BrN2O. The summed E-state index contributed by atoms with van der Waals surface area (Å²) in [4.78, 5) is 7.98. The van der Waals surface area contributed by atoms with E-state index in [2.05, 4.69) is 25.9 Å². The number of nitrogens with zero attached hydrogens (tertiary/aromatic N) is 2. The Hall–Kier alpha value is -0.900. The first-order chi connectivity index (χ1) is 4.88. The molecule has 2 aromatic rings. The summed E-state index contributed by atoms with van der Waals surface area (Å²) in [6, 6.07) is 0. The monoisotopic (exact) mass is 198 g/mol. The maximum atomic E-state index is 5.03. The SMILES string of the molecule is Brc1coc2nccnc12. The molecular weight excluding hydrogens is 196 g/mol. The van der Waals surface area contributed by atoms with Gasteiger partial charge in [0.1, 0.15) is 11.8 Å². The number of fused-ring (bicyclic) bond motifs is 1. The van der Waals surface area contributed by atoms with Gasteiger partial charge in [-0.3, -0.25) is 0 Å². The molecule has 0 aliphatic heterocycles. The van der Waals surface area contributed by atoms with Gasteiger partial charge in [0.15, 0.2) is 0 Å². The Kier molecular flexibility index (Phi) is 1.20. The Bertz CT molecular complexity index is 357. The lowest BCUT2D eigenvalue weighted by Crippen LogP contribution is -1.74. The van der Waals surface area contributed by atoms with Gasteiger partial charge in [0.25, 0.3) is 0 Å². The number of hydrogen-bond acceptors (Lipinski definition) is 3. The topological polar surface area (TPSA) is 38.9 Å². The summed E-state index contributed by atoms with van der Waals surface area (Å²) in [6.07, 6.45) is 4.80. The van der Waals surface area contributed by atoms with E-state index in [0.717, 1.165) is 9.99 Å². The van der Waals surface area contributed by atoms with Crippen molar-refractivity contribution in [3.8, 4) is 0 Å². The van der Waals surface area contributed by atoms with Gasteiger partial charge in [-0.1, -0.05) is 0 Å². The summed E-state index contributed by atoms with van der Waals surface area (Å²) in [5.74, 6) is 0. The van der Waals surface area contributed by atoms with E-state index in [1.807, 2.05) is 0 Å². The van der Waals surface area contributed by atoms with Crippen LogP contribution < -0.4 is 0 Å². The molecule has 0 unspecified atom stereocenters. The molecule has 0 saturated heterocycles. The Balaban J connectivity index is 2.93. The first-order valence-corrected chi connectivity index (χ1v) is 3.51. The number of hydrogen-bond donors (Lipinski definition) is 0. The maximum absolute atomic E-state index is 5.03. The third-order valence-electron chi connectivity index (χ3n) is 1.16. The minimum absolute atomic E-state index is 0.564. The van der Waals surface area contributed by atoms with Crippen molar-refractivity contribution in [2.24, 2.45) is 0 Å². The van der Waals surface area contributed by atoms with E-state index in [4.69, 9.17) is 4.42 Å². The quantitative estimate of drug-likeness (QED) is 0.651. The van der Waals surface area contributed by atoms with Crippen LogP contribution in [0.15, 0.2) is 27.5 Å². The molecule has 2 rings (SSSR count). The normalized spacial score (nSPS) is 10.5. The van der Waals surface area contributed by atoms with Crippen LogP contribution in [0.2, 0.25) is 0 Å². The first kappa shape index (κ1) is 5.85. The smallest absolute Gasteiger partial charge is 0.246 e.